The monoisotopic (exact) mass is 372 g/mol. The number of benzene rings is 3. The molecule has 1 fully saturated rings. The summed E-state index contributed by atoms with van der Waals surface area (Å²) in [5, 5.41) is 5.45. The molecule has 1 aliphatic heterocycles. The van der Waals surface area contributed by atoms with Crippen LogP contribution < -0.4 is 5.32 Å². The fraction of sp³-hybridized carbons (Fsp3) is 0.250. The lowest BCUT2D eigenvalue weighted by molar-refractivity contribution is -0.129. The van der Waals surface area contributed by atoms with Gasteiger partial charge in [-0.05, 0) is 28.3 Å². The van der Waals surface area contributed by atoms with Crippen LogP contribution in [-0.2, 0) is 16.0 Å². The van der Waals surface area contributed by atoms with Gasteiger partial charge in [0.05, 0.1) is 12.5 Å². The molecule has 3 aromatic rings. The normalized spacial score (nSPS) is 15.0. The van der Waals surface area contributed by atoms with Crippen molar-refractivity contribution in [2.45, 2.75) is 25.3 Å². The molecule has 0 saturated carbocycles. The average Bonchev–Trinajstić information content (AvgIpc) is 3.12. The lowest BCUT2D eigenvalue weighted by Gasteiger charge is -2.25. The number of hydrogen-bond donors (Lipinski definition) is 1. The average molecular weight is 372 g/mol. The number of hydrogen-bond acceptors (Lipinski definition) is 2. The van der Waals surface area contributed by atoms with Crippen molar-refractivity contribution in [1.82, 2.24) is 10.2 Å². The van der Waals surface area contributed by atoms with Crippen LogP contribution in [0.25, 0.3) is 10.8 Å². The molecule has 28 heavy (non-hydrogen) atoms. The highest BCUT2D eigenvalue weighted by Gasteiger charge is 2.25. The van der Waals surface area contributed by atoms with Crippen LogP contribution in [0.15, 0.2) is 72.8 Å². The summed E-state index contributed by atoms with van der Waals surface area (Å²) in [5.74, 6) is 0.139. The number of nitrogens with one attached hydrogen (secondary N) is 1. The zero-order valence-corrected chi connectivity index (χ0v) is 15.8. The van der Waals surface area contributed by atoms with Crippen LogP contribution in [0.2, 0.25) is 0 Å². The van der Waals surface area contributed by atoms with E-state index in [0.717, 1.165) is 29.5 Å². The lowest BCUT2D eigenvalue weighted by Crippen LogP contribution is -2.39. The van der Waals surface area contributed by atoms with Crippen molar-refractivity contribution in [3.05, 3.63) is 83.9 Å². The molecule has 0 aromatic heterocycles. The highest BCUT2D eigenvalue weighted by molar-refractivity contribution is 5.85. The maximum absolute atomic E-state index is 12.8. The molecular weight excluding hydrogens is 348 g/mol. The van der Waals surface area contributed by atoms with E-state index in [1.165, 1.54) is 5.39 Å². The van der Waals surface area contributed by atoms with Gasteiger partial charge in [-0.15, -0.1) is 0 Å². The van der Waals surface area contributed by atoms with Crippen molar-refractivity contribution >= 4 is 22.6 Å². The van der Waals surface area contributed by atoms with E-state index in [1.54, 1.807) is 0 Å². The van der Waals surface area contributed by atoms with E-state index in [9.17, 15) is 9.59 Å². The molecule has 0 spiro atoms. The van der Waals surface area contributed by atoms with Gasteiger partial charge < -0.3 is 10.2 Å². The summed E-state index contributed by atoms with van der Waals surface area (Å²) in [6, 6.07) is 23.9. The molecule has 1 heterocycles. The molecule has 1 saturated heterocycles. The summed E-state index contributed by atoms with van der Waals surface area (Å²) in [7, 11) is 0. The Bertz CT molecular complexity index is 984. The number of carbonyl (C=O) groups excluding carboxylic acids is 2. The topological polar surface area (TPSA) is 49.4 Å². The Balaban J connectivity index is 1.48. The van der Waals surface area contributed by atoms with Gasteiger partial charge in [-0.25, -0.2) is 0 Å². The maximum Gasteiger partial charge on any atom is 0.224 e. The summed E-state index contributed by atoms with van der Waals surface area (Å²) in [4.78, 5) is 26.7. The molecule has 4 heteroatoms. The summed E-state index contributed by atoms with van der Waals surface area (Å²) < 4.78 is 0. The first-order valence-corrected chi connectivity index (χ1v) is 9.79. The van der Waals surface area contributed by atoms with Crippen LogP contribution in [0.1, 0.15) is 30.0 Å². The molecule has 0 bridgehead atoms. The summed E-state index contributed by atoms with van der Waals surface area (Å²) in [5.41, 5.74) is 2.01. The predicted molar refractivity (Wildman–Crippen MR) is 111 cm³/mol. The molecule has 4 nitrogen and oxygen atoms in total. The molecule has 2 amide bonds. The molecule has 142 valence electrons. The smallest absolute Gasteiger partial charge is 0.224 e. The quantitative estimate of drug-likeness (QED) is 0.714. The van der Waals surface area contributed by atoms with Crippen molar-refractivity contribution in [2.24, 2.45) is 0 Å². The molecule has 1 N–H and O–H groups in total. The minimum atomic E-state index is -0.198. The van der Waals surface area contributed by atoms with Crippen molar-refractivity contribution < 1.29 is 9.59 Å². The second-order valence-electron chi connectivity index (χ2n) is 7.33. The largest absolute Gasteiger partial charge is 0.347 e. The third-order valence-corrected chi connectivity index (χ3v) is 5.29. The molecule has 1 aliphatic rings. The van der Waals surface area contributed by atoms with Crippen LogP contribution in [-0.4, -0.2) is 29.8 Å². The first-order valence-electron chi connectivity index (χ1n) is 9.79. The summed E-state index contributed by atoms with van der Waals surface area (Å²) in [6.07, 6.45) is 1.82. The Morgan fingerprint density at radius 2 is 1.71 bits per heavy atom. The number of fused-ring (bicyclic) bond motifs is 1. The molecule has 4 rings (SSSR count). The Labute approximate surface area is 165 Å². The molecule has 1 unspecified atom stereocenters. The minimum Gasteiger partial charge on any atom is -0.347 e. The Morgan fingerprint density at radius 1 is 0.964 bits per heavy atom. The van der Waals surface area contributed by atoms with Gasteiger partial charge >= 0.3 is 0 Å². The van der Waals surface area contributed by atoms with Crippen molar-refractivity contribution in [2.75, 3.05) is 13.1 Å². The summed E-state index contributed by atoms with van der Waals surface area (Å²) >= 11 is 0. The van der Waals surface area contributed by atoms with Crippen LogP contribution in [0, 0.1) is 0 Å². The number of likely N-dealkylation sites (tertiary alicyclic amines) is 1. The van der Waals surface area contributed by atoms with Crippen LogP contribution in [0.3, 0.4) is 0 Å². The first kappa shape index (κ1) is 18.2. The second kappa shape index (κ2) is 8.26. The SMILES string of the molecule is O=C(Cc1ccc2ccccc2c1)NC(CN1CCCC1=O)c1ccccc1. The van der Waals surface area contributed by atoms with Gasteiger partial charge in [0.1, 0.15) is 0 Å². The standard InChI is InChI=1S/C24H24N2O2/c27-23(16-18-12-13-19-7-4-5-10-21(19)15-18)25-22(20-8-2-1-3-9-20)17-26-14-6-11-24(26)28/h1-5,7-10,12-13,15,22H,6,11,14,16-17H2,(H,25,27). The van der Waals surface area contributed by atoms with Crippen LogP contribution in [0.4, 0.5) is 0 Å². The van der Waals surface area contributed by atoms with Crippen molar-refractivity contribution in [3.63, 3.8) is 0 Å². The van der Waals surface area contributed by atoms with Crippen molar-refractivity contribution in [3.8, 4) is 0 Å². The fourth-order valence-corrected chi connectivity index (χ4v) is 3.82. The number of carbonyl (C=O) groups is 2. The second-order valence-corrected chi connectivity index (χ2v) is 7.33. The van der Waals surface area contributed by atoms with E-state index in [4.69, 9.17) is 0 Å². The summed E-state index contributed by atoms with van der Waals surface area (Å²) in [6.45, 7) is 1.29. The minimum absolute atomic E-state index is 0.0317. The van der Waals surface area contributed by atoms with E-state index in [-0.39, 0.29) is 17.9 Å². The number of nitrogens with zero attached hydrogens (tertiary/aromatic N) is 1. The Hall–Kier alpha value is -3.14. The Morgan fingerprint density at radius 3 is 2.46 bits per heavy atom. The zero-order chi connectivity index (χ0) is 19.3. The van der Waals surface area contributed by atoms with Gasteiger partial charge in [-0.3, -0.25) is 9.59 Å². The zero-order valence-electron chi connectivity index (χ0n) is 15.8. The fourth-order valence-electron chi connectivity index (χ4n) is 3.82. The van der Waals surface area contributed by atoms with Gasteiger partial charge in [-0.1, -0.05) is 72.8 Å². The molecule has 3 aromatic carbocycles. The molecule has 1 atom stereocenters. The first-order chi connectivity index (χ1) is 13.7. The molecule has 0 radical (unpaired) electrons. The van der Waals surface area contributed by atoms with E-state index in [1.807, 2.05) is 53.4 Å². The highest BCUT2D eigenvalue weighted by Crippen LogP contribution is 2.20. The van der Waals surface area contributed by atoms with Gasteiger partial charge in [0.15, 0.2) is 0 Å². The van der Waals surface area contributed by atoms with Crippen molar-refractivity contribution in [1.29, 1.82) is 0 Å². The van der Waals surface area contributed by atoms with E-state index >= 15 is 0 Å². The predicted octanol–water partition coefficient (Wildman–Crippen LogP) is 3.86. The maximum atomic E-state index is 12.8. The number of rotatable bonds is 6. The molecule has 0 aliphatic carbocycles. The third kappa shape index (κ3) is 4.22. The van der Waals surface area contributed by atoms with Crippen LogP contribution >= 0.6 is 0 Å². The van der Waals surface area contributed by atoms with Gasteiger partial charge in [-0.2, -0.15) is 0 Å². The van der Waals surface area contributed by atoms with Crippen LogP contribution in [0.5, 0.6) is 0 Å². The lowest BCUT2D eigenvalue weighted by atomic mass is 10.0. The Kier molecular flexibility index (Phi) is 5.38. The van der Waals surface area contributed by atoms with E-state index < -0.39 is 0 Å². The third-order valence-electron chi connectivity index (χ3n) is 5.29. The van der Waals surface area contributed by atoms with E-state index in [2.05, 4.69) is 29.6 Å². The van der Waals surface area contributed by atoms with Gasteiger partial charge in [0.2, 0.25) is 11.8 Å². The molecular formula is C24H24N2O2. The number of amides is 2. The highest BCUT2D eigenvalue weighted by atomic mass is 16.2. The van der Waals surface area contributed by atoms with E-state index in [0.29, 0.717) is 19.4 Å². The van der Waals surface area contributed by atoms with Gasteiger partial charge in [0, 0.05) is 19.5 Å². The van der Waals surface area contributed by atoms with Gasteiger partial charge in [0.25, 0.3) is 0 Å².